The van der Waals surface area contributed by atoms with Crippen LogP contribution in [0.15, 0.2) is 17.1 Å². The summed E-state index contributed by atoms with van der Waals surface area (Å²) in [6.07, 6.45) is 5.68. The fraction of sp³-hybridized carbons (Fsp3) is 0.412. The Bertz CT molecular complexity index is 966. The standard InChI is InChI=1S/C17H21N5O4/c1-9(2)8-21-15-10(3-6-12(18)23)7-19-22(15)17(26)13(16(21)25)14(24)20-11-4-5-11/h3,6-7,9,11,26H,4-5,8H2,1-2H3,(H2,18,23)(H,20,24)/b6-3+. The van der Waals surface area contributed by atoms with Gasteiger partial charge in [-0.05, 0) is 24.8 Å². The quantitative estimate of drug-likeness (QED) is 0.636. The van der Waals surface area contributed by atoms with Crippen molar-refractivity contribution in [3.05, 3.63) is 33.8 Å². The highest BCUT2D eigenvalue weighted by Gasteiger charge is 2.29. The number of nitrogens with two attached hydrogens (primary N) is 1. The highest BCUT2D eigenvalue weighted by molar-refractivity contribution is 5.97. The van der Waals surface area contributed by atoms with Crippen LogP contribution in [0.5, 0.6) is 5.88 Å². The van der Waals surface area contributed by atoms with Crippen LogP contribution in [0.3, 0.4) is 0 Å². The maximum atomic E-state index is 13.0. The number of hydrogen-bond acceptors (Lipinski definition) is 5. The van der Waals surface area contributed by atoms with Crippen LogP contribution in [0.25, 0.3) is 11.7 Å². The zero-order valence-corrected chi connectivity index (χ0v) is 14.6. The Morgan fingerprint density at radius 3 is 2.73 bits per heavy atom. The van der Waals surface area contributed by atoms with Gasteiger partial charge in [0, 0.05) is 24.2 Å². The van der Waals surface area contributed by atoms with Gasteiger partial charge in [0.1, 0.15) is 5.65 Å². The van der Waals surface area contributed by atoms with Crippen molar-refractivity contribution in [2.45, 2.75) is 39.3 Å². The van der Waals surface area contributed by atoms with Gasteiger partial charge in [0.25, 0.3) is 11.5 Å². The Labute approximate surface area is 149 Å². The minimum atomic E-state index is -0.647. The Hall–Kier alpha value is -3.10. The van der Waals surface area contributed by atoms with Crippen molar-refractivity contribution >= 4 is 23.5 Å². The van der Waals surface area contributed by atoms with E-state index in [0.717, 1.165) is 23.4 Å². The summed E-state index contributed by atoms with van der Waals surface area (Å²) in [5, 5.41) is 17.3. The van der Waals surface area contributed by atoms with Gasteiger partial charge in [0.05, 0.1) is 6.20 Å². The molecule has 0 aliphatic heterocycles. The first-order valence-electron chi connectivity index (χ1n) is 8.41. The van der Waals surface area contributed by atoms with Crippen LogP contribution in [0.2, 0.25) is 0 Å². The molecule has 1 aliphatic carbocycles. The summed E-state index contributed by atoms with van der Waals surface area (Å²) < 4.78 is 2.52. The fourth-order valence-corrected chi connectivity index (χ4v) is 2.72. The van der Waals surface area contributed by atoms with Crippen LogP contribution in [0.4, 0.5) is 0 Å². The summed E-state index contributed by atoms with van der Waals surface area (Å²) in [6.45, 7) is 4.17. The summed E-state index contributed by atoms with van der Waals surface area (Å²) in [5.41, 5.74) is 4.92. The molecular weight excluding hydrogens is 338 g/mol. The van der Waals surface area contributed by atoms with E-state index in [0.29, 0.717) is 17.8 Å². The molecule has 2 amide bonds. The molecule has 4 N–H and O–H groups in total. The molecule has 9 heteroatoms. The highest BCUT2D eigenvalue weighted by Crippen LogP contribution is 2.23. The smallest absolute Gasteiger partial charge is 0.270 e. The van der Waals surface area contributed by atoms with Gasteiger partial charge in [0.2, 0.25) is 11.8 Å². The molecule has 1 fully saturated rings. The minimum Gasteiger partial charge on any atom is -0.492 e. The van der Waals surface area contributed by atoms with Gasteiger partial charge < -0.3 is 16.2 Å². The third-order valence-electron chi connectivity index (χ3n) is 4.02. The topological polar surface area (TPSA) is 132 Å². The second kappa shape index (κ2) is 6.66. The summed E-state index contributed by atoms with van der Waals surface area (Å²) >= 11 is 0. The Morgan fingerprint density at radius 1 is 1.46 bits per heavy atom. The highest BCUT2D eigenvalue weighted by atomic mass is 16.3. The first-order chi connectivity index (χ1) is 12.3. The molecule has 0 bridgehead atoms. The number of rotatable bonds is 6. The molecule has 0 atom stereocenters. The van der Waals surface area contributed by atoms with Crippen molar-refractivity contribution in [2.24, 2.45) is 11.7 Å². The average molecular weight is 359 g/mol. The van der Waals surface area contributed by atoms with Crippen LogP contribution in [0, 0.1) is 5.92 Å². The van der Waals surface area contributed by atoms with E-state index >= 15 is 0 Å². The van der Waals surface area contributed by atoms with Crippen LogP contribution in [-0.2, 0) is 11.3 Å². The van der Waals surface area contributed by atoms with Crippen molar-refractivity contribution in [2.75, 3.05) is 0 Å². The Balaban J connectivity index is 2.23. The lowest BCUT2D eigenvalue weighted by molar-refractivity contribution is -0.113. The van der Waals surface area contributed by atoms with E-state index in [4.69, 9.17) is 5.73 Å². The molecule has 1 aliphatic rings. The van der Waals surface area contributed by atoms with Gasteiger partial charge in [-0.25, -0.2) is 0 Å². The monoisotopic (exact) mass is 359 g/mol. The van der Waals surface area contributed by atoms with Crippen LogP contribution in [0.1, 0.15) is 42.6 Å². The molecule has 2 aromatic rings. The molecule has 0 unspecified atom stereocenters. The molecule has 26 heavy (non-hydrogen) atoms. The number of nitrogens with zero attached hydrogens (tertiary/aromatic N) is 3. The van der Waals surface area contributed by atoms with Crippen LogP contribution >= 0.6 is 0 Å². The van der Waals surface area contributed by atoms with Crippen molar-refractivity contribution in [3.8, 4) is 5.88 Å². The molecule has 2 heterocycles. The van der Waals surface area contributed by atoms with E-state index in [-0.39, 0.29) is 17.5 Å². The molecule has 2 aromatic heterocycles. The zero-order chi connectivity index (χ0) is 19.0. The van der Waals surface area contributed by atoms with Gasteiger partial charge >= 0.3 is 0 Å². The maximum absolute atomic E-state index is 13.0. The molecule has 0 aromatic carbocycles. The predicted octanol–water partition coefficient (Wildman–Crippen LogP) is 0.248. The SMILES string of the molecule is CC(C)Cn1c(=O)c(C(=O)NC2CC2)c(O)n2ncc(/C=C/C(N)=O)c12. The van der Waals surface area contributed by atoms with E-state index in [9.17, 15) is 19.5 Å². The number of carbonyl (C=O) groups excluding carboxylic acids is 2. The molecule has 138 valence electrons. The fourth-order valence-electron chi connectivity index (χ4n) is 2.72. The number of fused-ring (bicyclic) bond motifs is 1. The average Bonchev–Trinajstić information content (AvgIpc) is 3.25. The summed E-state index contributed by atoms with van der Waals surface area (Å²) in [6, 6.07) is 0.0437. The number of hydrogen-bond donors (Lipinski definition) is 3. The molecule has 3 rings (SSSR count). The van der Waals surface area contributed by atoms with Gasteiger partial charge in [-0.1, -0.05) is 13.8 Å². The third kappa shape index (κ3) is 3.32. The Morgan fingerprint density at radius 2 is 2.15 bits per heavy atom. The lowest BCUT2D eigenvalue weighted by Crippen LogP contribution is -2.36. The number of carbonyl (C=O) groups is 2. The summed E-state index contributed by atoms with van der Waals surface area (Å²) in [5.74, 6) is -1.68. The molecule has 1 saturated carbocycles. The van der Waals surface area contributed by atoms with Gasteiger partial charge in [-0.15, -0.1) is 0 Å². The van der Waals surface area contributed by atoms with Crippen molar-refractivity contribution in [1.29, 1.82) is 0 Å². The molecule has 9 nitrogen and oxygen atoms in total. The lowest BCUT2D eigenvalue weighted by Gasteiger charge is -2.15. The lowest BCUT2D eigenvalue weighted by atomic mass is 10.2. The third-order valence-corrected chi connectivity index (χ3v) is 4.02. The minimum absolute atomic E-state index is 0.0437. The molecule has 0 radical (unpaired) electrons. The first-order valence-corrected chi connectivity index (χ1v) is 8.41. The normalized spacial score (nSPS) is 14.4. The van der Waals surface area contributed by atoms with E-state index in [1.807, 2.05) is 13.8 Å². The number of primary amides is 1. The van der Waals surface area contributed by atoms with Crippen molar-refractivity contribution in [1.82, 2.24) is 19.5 Å². The summed E-state index contributed by atoms with van der Waals surface area (Å²) in [4.78, 5) is 36.4. The van der Waals surface area contributed by atoms with Crippen molar-refractivity contribution < 1.29 is 14.7 Å². The Kier molecular flexibility index (Phi) is 4.54. The first kappa shape index (κ1) is 17.7. The maximum Gasteiger partial charge on any atom is 0.270 e. The molecule has 0 saturated heterocycles. The second-order valence-electron chi connectivity index (χ2n) is 6.83. The largest absolute Gasteiger partial charge is 0.492 e. The number of amides is 2. The van der Waals surface area contributed by atoms with E-state index < -0.39 is 23.3 Å². The van der Waals surface area contributed by atoms with Gasteiger partial charge in [0.15, 0.2) is 5.56 Å². The van der Waals surface area contributed by atoms with E-state index in [1.54, 1.807) is 0 Å². The van der Waals surface area contributed by atoms with Gasteiger partial charge in [-0.3, -0.25) is 19.0 Å². The number of aromatic nitrogens is 3. The number of aromatic hydroxyl groups is 1. The number of nitrogens with one attached hydrogen (secondary N) is 1. The molecular formula is C17H21N5O4. The predicted molar refractivity (Wildman–Crippen MR) is 94.7 cm³/mol. The van der Waals surface area contributed by atoms with E-state index in [1.165, 1.54) is 16.8 Å². The summed E-state index contributed by atoms with van der Waals surface area (Å²) in [7, 11) is 0. The second-order valence-corrected chi connectivity index (χ2v) is 6.83. The van der Waals surface area contributed by atoms with Crippen LogP contribution < -0.4 is 16.6 Å². The molecule has 0 spiro atoms. The van der Waals surface area contributed by atoms with Gasteiger partial charge in [-0.2, -0.15) is 9.61 Å². The van der Waals surface area contributed by atoms with Crippen molar-refractivity contribution in [3.63, 3.8) is 0 Å². The van der Waals surface area contributed by atoms with Crippen LogP contribution in [-0.4, -0.2) is 37.1 Å². The van der Waals surface area contributed by atoms with E-state index in [2.05, 4.69) is 10.4 Å². The zero-order valence-electron chi connectivity index (χ0n) is 14.6.